The number of urea groups is 1. The molecule has 0 unspecified atom stereocenters. The van der Waals surface area contributed by atoms with Gasteiger partial charge in [0.15, 0.2) is 0 Å². The van der Waals surface area contributed by atoms with Crippen molar-refractivity contribution in [2.24, 2.45) is 0 Å². The van der Waals surface area contributed by atoms with Gasteiger partial charge in [-0.15, -0.1) is 0 Å². The quantitative estimate of drug-likeness (QED) is 0.771. The molecule has 1 saturated heterocycles. The lowest BCUT2D eigenvalue weighted by Gasteiger charge is -2.23. The maximum atomic E-state index is 11.6. The van der Waals surface area contributed by atoms with Crippen molar-refractivity contribution in [3.63, 3.8) is 0 Å². The lowest BCUT2D eigenvalue weighted by Crippen LogP contribution is -2.46. The fraction of sp³-hybridized carbons (Fsp3) is 0.583. The molecule has 18 heavy (non-hydrogen) atoms. The van der Waals surface area contributed by atoms with Crippen LogP contribution >= 0.6 is 11.3 Å². The second-order valence-corrected chi connectivity index (χ2v) is 5.12. The van der Waals surface area contributed by atoms with Crippen LogP contribution in [0.4, 0.5) is 4.79 Å². The molecule has 0 bridgehead atoms. The summed E-state index contributed by atoms with van der Waals surface area (Å²) in [5.74, 6) is 0. The zero-order valence-electron chi connectivity index (χ0n) is 10.1. The Morgan fingerprint density at radius 2 is 2.56 bits per heavy atom. The number of amides is 2. The molecule has 1 fully saturated rings. The number of hydrogen-bond donors (Lipinski definition) is 3. The van der Waals surface area contributed by atoms with E-state index in [1.165, 1.54) is 11.3 Å². The van der Waals surface area contributed by atoms with Gasteiger partial charge in [-0.25, -0.2) is 4.79 Å². The average Bonchev–Trinajstić information content (AvgIpc) is 2.91. The Hall–Kier alpha value is -1.11. The highest BCUT2D eigenvalue weighted by Gasteiger charge is 2.16. The van der Waals surface area contributed by atoms with Crippen molar-refractivity contribution in [3.8, 4) is 0 Å². The van der Waals surface area contributed by atoms with Crippen LogP contribution in [-0.4, -0.2) is 36.9 Å². The van der Waals surface area contributed by atoms with Gasteiger partial charge in [0.1, 0.15) is 0 Å². The number of nitrogens with one attached hydrogen (secondary N) is 2. The van der Waals surface area contributed by atoms with E-state index in [1.54, 1.807) is 0 Å². The summed E-state index contributed by atoms with van der Waals surface area (Å²) < 4.78 is 5.28. The molecule has 1 aromatic heterocycles. The van der Waals surface area contributed by atoms with Crippen LogP contribution in [0.1, 0.15) is 24.5 Å². The van der Waals surface area contributed by atoms with Gasteiger partial charge in [0, 0.05) is 13.2 Å². The molecule has 100 valence electrons. The number of ether oxygens (including phenoxy) is 1. The van der Waals surface area contributed by atoms with Gasteiger partial charge < -0.3 is 20.5 Å². The predicted octanol–water partition coefficient (Wildman–Crippen LogP) is 1.26. The zero-order valence-corrected chi connectivity index (χ0v) is 10.9. The van der Waals surface area contributed by atoms with Crippen molar-refractivity contribution in [3.05, 3.63) is 22.4 Å². The molecule has 5 nitrogen and oxygen atoms in total. The first-order valence-electron chi connectivity index (χ1n) is 6.08. The second-order valence-electron chi connectivity index (χ2n) is 4.34. The fourth-order valence-electron chi connectivity index (χ4n) is 1.86. The third kappa shape index (κ3) is 3.97. The normalized spacial score (nSPS) is 21.3. The van der Waals surface area contributed by atoms with E-state index in [0.717, 1.165) is 25.0 Å². The van der Waals surface area contributed by atoms with E-state index in [4.69, 9.17) is 4.74 Å². The monoisotopic (exact) mass is 270 g/mol. The van der Waals surface area contributed by atoms with Gasteiger partial charge in [0.2, 0.25) is 0 Å². The maximum Gasteiger partial charge on any atom is 0.315 e. The first-order chi connectivity index (χ1) is 8.75. The second kappa shape index (κ2) is 6.72. The molecule has 0 aromatic carbocycles. The molecular formula is C12H18N2O3S. The molecule has 0 saturated carbocycles. The van der Waals surface area contributed by atoms with E-state index < -0.39 is 6.10 Å². The lowest BCUT2D eigenvalue weighted by atomic mass is 10.1. The molecule has 0 radical (unpaired) electrons. The standard InChI is InChI=1S/C12H18N2O3S/c15-11(9-3-5-18-8-9)6-13-12(16)14-10-2-1-4-17-7-10/h3,5,8,10-11,15H,1-2,4,6-7H2,(H2,13,14,16)/t10-,11-/m0/s1. The van der Waals surface area contributed by atoms with Crippen molar-refractivity contribution < 1.29 is 14.6 Å². The third-order valence-electron chi connectivity index (χ3n) is 2.88. The van der Waals surface area contributed by atoms with Crippen molar-refractivity contribution in [2.75, 3.05) is 19.8 Å². The number of rotatable bonds is 4. The summed E-state index contributed by atoms with van der Waals surface area (Å²) in [6, 6.07) is 1.68. The smallest absolute Gasteiger partial charge is 0.315 e. The van der Waals surface area contributed by atoms with Gasteiger partial charge >= 0.3 is 6.03 Å². The van der Waals surface area contributed by atoms with Crippen molar-refractivity contribution in [1.82, 2.24) is 10.6 Å². The van der Waals surface area contributed by atoms with Gasteiger partial charge in [0.05, 0.1) is 18.8 Å². The van der Waals surface area contributed by atoms with Gasteiger partial charge in [0.25, 0.3) is 0 Å². The largest absolute Gasteiger partial charge is 0.387 e. The number of thiophene rings is 1. The summed E-state index contributed by atoms with van der Waals surface area (Å²) in [7, 11) is 0. The zero-order chi connectivity index (χ0) is 12.8. The summed E-state index contributed by atoms with van der Waals surface area (Å²) in [5, 5.41) is 19.1. The Balaban J connectivity index is 1.68. The topological polar surface area (TPSA) is 70.6 Å². The number of carbonyl (C=O) groups is 1. The molecule has 1 aromatic rings. The number of hydrogen-bond acceptors (Lipinski definition) is 4. The van der Waals surface area contributed by atoms with Gasteiger partial charge in [-0.3, -0.25) is 0 Å². The van der Waals surface area contributed by atoms with E-state index in [2.05, 4.69) is 10.6 Å². The fourth-order valence-corrected chi connectivity index (χ4v) is 2.57. The van der Waals surface area contributed by atoms with Crippen molar-refractivity contribution in [2.45, 2.75) is 25.0 Å². The van der Waals surface area contributed by atoms with E-state index in [9.17, 15) is 9.90 Å². The molecule has 2 rings (SSSR count). The first-order valence-corrected chi connectivity index (χ1v) is 7.02. The molecule has 0 aliphatic carbocycles. The Labute approximate surface area is 110 Å². The van der Waals surface area contributed by atoms with Crippen LogP contribution < -0.4 is 10.6 Å². The SMILES string of the molecule is O=C(NC[C@H](O)c1ccsc1)N[C@H]1CCCOC1. The highest BCUT2D eigenvalue weighted by Crippen LogP contribution is 2.15. The van der Waals surface area contributed by atoms with Crippen LogP contribution in [0.3, 0.4) is 0 Å². The molecule has 2 amide bonds. The molecule has 2 heterocycles. The van der Waals surface area contributed by atoms with E-state index in [0.29, 0.717) is 6.61 Å². The third-order valence-corrected chi connectivity index (χ3v) is 3.58. The van der Waals surface area contributed by atoms with Crippen LogP contribution in [0.25, 0.3) is 0 Å². The van der Waals surface area contributed by atoms with Crippen LogP contribution in [0.15, 0.2) is 16.8 Å². The van der Waals surface area contributed by atoms with E-state index in [1.807, 2.05) is 16.8 Å². The molecule has 2 atom stereocenters. The van der Waals surface area contributed by atoms with Gasteiger partial charge in [-0.2, -0.15) is 11.3 Å². The van der Waals surface area contributed by atoms with E-state index in [-0.39, 0.29) is 18.6 Å². The molecule has 1 aliphatic rings. The highest BCUT2D eigenvalue weighted by molar-refractivity contribution is 7.07. The Kier molecular flexibility index (Phi) is 4.98. The molecule has 6 heteroatoms. The Morgan fingerprint density at radius 1 is 1.67 bits per heavy atom. The number of carbonyl (C=O) groups excluding carboxylic acids is 1. The summed E-state index contributed by atoms with van der Waals surface area (Å²) >= 11 is 1.53. The maximum absolute atomic E-state index is 11.6. The Bertz CT molecular complexity index is 363. The summed E-state index contributed by atoms with van der Waals surface area (Å²) in [5.41, 5.74) is 0.835. The van der Waals surface area contributed by atoms with Gasteiger partial charge in [-0.1, -0.05) is 0 Å². The summed E-state index contributed by atoms with van der Waals surface area (Å²) in [6.45, 7) is 1.56. The minimum absolute atomic E-state index is 0.0806. The summed E-state index contributed by atoms with van der Waals surface area (Å²) in [4.78, 5) is 11.6. The minimum Gasteiger partial charge on any atom is -0.387 e. The van der Waals surface area contributed by atoms with Gasteiger partial charge in [-0.05, 0) is 35.2 Å². The lowest BCUT2D eigenvalue weighted by molar-refractivity contribution is 0.0729. The van der Waals surface area contributed by atoms with Crippen molar-refractivity contribution in [1.29, 1.82) is 0 Å². The highest BCUT2D eigenvalue weighted by atomic mass is 32.1. The van der Waals surface area contributed by atoms with Crippen LogP contribution in [0.2, 0.25) is 0 Å². The molecule has 1 aliphatic heterocycles. The van der Waals surface area contributed by atoms with Crippen LogP contribution in [0, 0.1) is 0 Å². The molecule has 3 N–H and O–H groups in total. The number of aliphatic hydroxyl groups is 1. The van der Waals surface area contributed by atoms with Crippen molar-refractivity contribution >= 4 is 17.4 Å². The van der Waals surface area contributed by atoms with Crippen LogP contribution in [-0.2, 0) is 4.74 Å². The average molecular weight is 270 g/mol. The predicted molar refractivity (Wildman–Crippen MR) is 69.7 cm³/mol. The van der Waals surface area contributed by atoms with Crippen LogP contribution in [0.5, 0.6) is 0 Å². The molecular weight excluding hydrogens is 252 g/mol. The summed E-state index contributed by atoms with van der Waals surface area (Å²) in [6.07, 6.45) is 1.27. The Morgan fingerprint density at radius 3 is 3.22 bits per heavy atom. The minimum atomic E-state index is -0.649. The first kappa shape index (κ1) is 13.3. The van der Waals surface area contributed by atoms with E-state index >= 15 is 0 Å². The molecule has 0 spiro atoms. The number of aliphatic hydroxyl groups excluding tert-OH is 1.